The molecule has 0 radical (unpaired) electrons. The number of carbonyl (C=O) groups is 1. The molecule has 5 nitrogen and oxygen atoms in total. The molecular formula is C5H12N2O3. The van der Waals surface area contributed by atoms with Crippen LogP contribution in [0.4, 0.5) is 0 Å². The molecule has 0 fully saturated rings. The normalized spacial score (nSPS) is 13.0. The van der Waals surface area contributed by atoms with Crippen molar-refractivity contribution in [2.45, 2.75) is 12.6 Å². The van der Waals surface area contributed by atoms with Crippen LogP contribution in [0, 0.1) is 0 Å². The van der Waals surface area contributed by atoms with Gasteiger partial charge in [0.05, 0.1) is 6.61 Å². The summed E-state index contributed by atoms with van der Waals surface area (Å²) in [6, 6.07) is 0. The van der Waals surface area contributed by atoms with Crippen molar-refractivity contribution in [3.05, 3.63) is 0 Å². The largest absolute Gasteiger partial charge is 0.478 e. The highest BCUT2D eigenvalue weighted by Crippen LogP contribution is 1.84. The highest BCUT2D eigenvalue weighted by Gasteiger charge is 2.09. The summed E-state index contributed by atoms with van der Waals surface area (Å²) in [7, 11) is 0. The zero-order valence-electron chi connectivity index (χ0n) is 5.62. The molecule has 0 saturated carbocycles. The molecule has 0 amide bonds. The van der Waals surface area contributed by atoms with Crippen LogP contribution in [-0.4, -0.2) is 30.5 Å². The summed E-state index contributed by atoms with van der Waals surface area (Å²) < 4.78 is 4.64. The van der Waals surface area contributed by atoms with Gasteiger partial charge in [-0.3, -0.25) is 5.73 Å². The van der Waals surface area contributed by atoms with Crippen molar-refractivity contribution >= 4 is 5.97 Å². The second-order valence-electron chi connectivity index (χ2n) is 1.77. The van der Waals surface area contributed by atoms with Gasteiger partial charge in [0, 0.05) is 0 Å². The number of carboxylic acid groups (broad SMARTS) is 1. The molecule has 1 atom stereocenters. The molecule has 0 aromatic heterocycles. The zero-order valence-corrected chi connectivity index (χ0v) is 5.62. The van der Waals surface area contributed by atoms with Crippen LogP contribution in [-0.2, 0) is 9.53 Å². The number of aliphatic carboxylic acids is 1. The first-order valence-corrected chi connectivity index (χ1v) is 2.98. The van der Waals surface area contributed by atoms with Crippen LogP contribution in [0.1, 0.15) is 6.42 Å². The predicted molar refractivity (Wildman–Crippen MR) is 35.2 cm³/mol. The van der Waals surface area contributed by atoms with Crippen LogP contribution < -0.4 is 11.5 Å². The Kier molecular flexibility index (Phi) is 4.82. The Bertz CT molecular complexity index is 107. The van der Waals surface area contributed by atoms with Gasteiger partial charge in [-0.1, -0.05) is 0 Å². The fraction of sp³-hybridized carbons (Fsp3) is 0.800. The third kappa shape index (κ3) is 4.25. The molecule has 0 bridgehead atoms. The van der Waals surface area contributed by atoms with Crippen molar-refractivity contribution in [2.24, 2.45) is 11.5 Å². The highest BCUT2D eigenvalue weighted by molar-refractivity contribution is 5.71. The molecule has 0 rings (SSSR count). The monoisotopic (exact) mass is 148 g/mol. The summed E-state index contributed by atoms with van der Waals surface area (Å²) in [6.07, 6.45) is -0.590. The topological polar surface area (TPSA) is 98.6 Å². The minimum absolute atomic E-state index is 0.296. The number of nitrogens with two attached hydrogens (primary N) is 2. The van der Waals surface area contributed by atoms with Crippen molar-refractivity contribution in [1.82, 2.24) is 0 Å². The molecular weight excluding hydrogens is 136 g/mol. The molecule has 0 aliphatic heterocycles. The van der Waals surface area contributed by atoms with E-state index in [1.807, 2.05) is 0 Å². The average molecular weight is 148 g/mol. The van der Waals surface area contributed by atoms with E-state index in [1.165, 1.54) is 0 Å². The van der Waals surface area contributed by atoms with Crippen molar-refractivity contribution in [2.75, 3.05) is 13.2 Å². The van der Waals surface area contributed by atoms with Crippen LogP contribution in [0.3, 0.4) is 0 Å². The Balaban J connectivity index is 3.21. The first-order chi connectivity index (χ1) is 4.68. The maximum atomic E-state index is 10.0. The van der Waals surface area contributed by atoms with E-state index in [9.17, 15) is 4.79 Å². The van der Waals surface area contributed by atoms with Crippen LogP contribution in [0.5, 0.6) is 0 Å². The van der Waals surface area contributed by atoms with Gasteiger partial charge in [-0.15, -0.1) is 0 Å². The van der Waals surface area contributed by atoms with E-state index >= 15 is 0 Å². The summed E-state index contributed by atoms with van der Waals surface area (Å²) in [5, 5.41) is 8.20. The SMILES string of the molecule is NCCCO[C@H](N)C(=O)O. The maximum Gasteiger partial charge on any atom is 0.347 e. The molecule has 60 valence electrons. The fourth-order valence-corrected chi connectivity index (χ4v) is 0.365. The molecule has 0 unspecified atom stereocenters. The molecule has 5 N–H and O–H groups in total. The Morgan fingerprint density at radius 1 is 1.70 bits per heavy atom. The summed E-state index contributed by atoms with van der Waals surface area (Å²) in [6.45, 7) is 0.774. The number of carboxylic acids is 1. The zero-order chi connectivity index (χ0) is 7.98. The molecule has 0 aromatic carbocycles. The van der Waals surface area contributed by atoms with Gasteiger partial charge in [-0.2, -0.15) is 0 Å². The van der Waals surface area contributed by atoms with Crippen LogP contribution in [0.2, 0.25) is 0 Å². The van der Waals surface area contributed by atoms with E-state index < -0.39 is 12.2 Å². The second kappa shape index (κ2) is 5.16. The number of ether oxygens (including phenoxy) is 1. The fourth-order valence-electron chi connectivity index (χ4n) is 0.365. The lowest BCUT2D eigenvalue weighted by atomic mass is 10.5. The molecule has 5 heteroatoms. The number of hydrogen-bond acceptors (Lipinski definition) is 4. The summed E-state index contributed by atoms with van der Waals surface area (Å²) in [4.78, 5) is 10.0. The lowest BCUT2D eigenvalue weighted by Crippen LogP contribution is -2.33. The lowest BCUT2D eigenvalue weighted by Gasteiger charge is -2.06. The Morgan fingerprint density at radius 3 is 2.70 bits per heavy atom. The molecule has 0 heterocycles. The van der Waals surface area contributed by atoms with E-state index in [-0.39, 0.29) is 0 Å². The maximum absolute atomic E-state index is 10.0. The molecule has 0 spiro atoms. The van der Waals surface area contributed by atoms with E-state index in [0.29, 0.717) is 19.6 Å². The molecule has 0 aromatic rings. The van der Waals surface area contributed by atoms with Crippen molar-refractivity contribution in [1.29, 1.82) is 0 Å². The minimum Gasteiger partial charge on any atom is -0.478 e. The number of hydrogen-bond donors (Lipinski definition) is 3. The molecule has 0 saturated heterocycles. The summed E-state index contributed by atoms with van der Waals surface area (Å²) >= 11 is 0. The van der Waals surface area contributed by atoms with Crippen LogP contribution in [0.25, 0.3) is 0 Å². The standard InChI is InChI=1S/C5H12N2O3/c6-2-1-3-10-4(7)5(8)9/h4H,1-3,6-7H2,(H,8,9)/t4-/m0/s1. The quantitative estimate of drug-likeness (QED) is 0.333. The highest BCUT2D eigenvalue weighted by atomic mass is 16.5. The third-order valence-electron chi connectivity index (χ3n) is 0.889. The van der Waals surface area contributed by atoms with Gasteiger partial charge in [0.2, 0.25) is 6.23 Å². The van der Waals surface area contributed by atoms with E-state index in [0.717, 1.165) is 0 Å². The summed E-state index contributed by atoms with van der Waals surface area (Å²) in [5.41, 5.74) is 10.1. The van der Waals surface area contributed by atoms with Gasteiger partial charge in [-0.25, -0.2) is 4.79 Å². The first-order valence-electron chi connectivity index (χ1n) is 2.98. The second-order valence-corrected chi connectivity index (χ2v) is 1.77. The van der Waals surface area contributed by atoms with E-state index in [4.69, 9.17) is 16.6 Å². The third-order valence-corrected chi connectivity index (χ3v) is 0.889. The van der Waals surface area contributed by atoms with Gasteiger partial charge in [-0.05, 0) is 13.0 Å². The Morgan fingerprint density at radius 2 is 2.30 bits per heavy atom. The van der Waals surface area contributed by atoms with Crippen LogP contribution in [0.15, 0.2) is 0 Å². The Labute approximate surface area is 58.9 Å². The Hall–Kier alpha value is -0.650. The smallest absolute Gasteiger partial charge is 0.347 e. The molecule has 0 aliphatic rings. The van der Waals surface area contributed by atoms with Gasteiger partial charge in [0.1, 0.15) is 0 Å². The predicted octanol–water partition coefficient (Wildman–Crippen LogP) is -1.28. The molecule has 0 aliphatic carbocycles. The first kappa shape index (κ1) is 9.35. The summed E-state index contributed by atoms with van der Waals surface area (Å²) in [5.74, 6) is -1.16. The van der Waals surface area contributed by atoms with Gasteiger partial charge < -0.3 is 15.6 Å². The minimum atomic E-state index is -1.22. The van der Waals surface area contributed by atoms with Crippen molar-refractivity contribution in [3.8, 4) is 0 Å². The lowest BCUT2D eigenvalue weighted by molar-refractivity contribution is -0.150. The van der Waals surface area contributed by atoms with Gasteiger partial charge in [0.25, 0.3) is 0 Å². The van der Waals surface area contributed by atoms with Crippen molar-refractivity contribution < 1.29 is 14.6 Å². The van der Waals surface area contributed by atoms with Gasteiger partial charge >= 0.3 is 5.97 Å². The number of rotatable bonds is 5. The van der Waals surface area contributed by atoms with Crippen molar-refractivity contribution in [3.63, 3.8) is 0 Å². The van der Waals surface area contributed by atoms with E-state index in [1.54, 1.807) is 0 Å². The molecule has 10 heavy (non-hydrogen) atoms. The van der Waals surface area contributed by atoms with E-state index in [2.05, 4.69) is 4.74 Å². The van der Waals surface area contributed by atoms with Gasteiger partial charge in [0.15, 0.2) is 0 Å². The average Bonchev–Trinajstić information content (AvgIpc) is 1.88. The van der Waals surface area contributed by atoms with Crippen LogP contribution >= 0.6 is 0 Å².